The van der Waals surface area contributed by atoms with Gasteiger partial charge in [0.25, 0.3) is 0 Å². The molecule has 0 amide bonds. The van der Waals surface area contributed by atoms with Crippen LogP contribution in [0.1, 0.15) is 5.56 Å². The van der Waals surface area contributed by atoms with Crippen LogP contribution in [0.2, 0.25) is 0 Å². The molecule has 1 heterocycles. The Hall–Kier alpha value is -1.20. The highest BCUT2D eigenvalue weighted by Crippen LogP contribution is 2.19. The van der Waals surface area contributed by atoms with E-state index in [4.69, 9.17) is 18.0 Å². The highest BCUT2D eigenvalue weighted by Gasteiger charge is 2.07. The number of thiocarbonyl (C=S) groups is 1. The number of hydrogen-bond donors (Lipinski definition) is 1. The van der Waals surface area contributed by atoms with E-state index in [9.17, 15) is 0 Å². The minimum absolute atomic E-state index is 0.375. The number of rotatable bonds is 2. The zero-order valence-electron chi connectivity index (χ0n) is 7.72. The summed E-state index contributed by atoms with van der Waals surface area (Å²) >= 11 is 8.39. The van der Waals surface area contributed by atoms with Gasteiger partial charge in [0.15, 0.2) is 0 Å². The Morgan fingerprint density at radius 1 is 1.47 bits per heavy atom. The molecule has 0 spiro atoms. The van der Waals surface area contributed by atoms with Crippen LogP contribution in [-0.4, -0.2) is 14.5 Å². The Morgan fingerprint density at radius 2 is 2.27 bits per heavy atom. The Kier molecular flexibility index (Phi) is 2.83. The van der Waals surface area contributed by atoms with Crippen molar-refractivity contribution < 1.29 is 0 Å². The lowest BCUT2D eigenvalue weighted by Crippen LogP contribution is -2.13. The minimum Gasteiger partial charge on any atom is -0.389 e. The van der Waals surface area contributed by atoms with Crippen molar-refractivity contribution in [2.45, 2.75) is 0 Å². The van der Waals surface area contributed by atoms with Gasteiger partial charge < -0.3 is 10.3 Å². The van der Waals surface area contributed by atoms with Gasteiger partial charge in [-0.25, -0.2) is 4.98 Å². The molecule has 0 bridgehead atoms. The second-order valence-corrected chi connectivity index (χ2v) is 4.35. The van der Waals surface area contributed by atoms with E-state index < -0.39 is 0 Å². The van der Waals surface area contributed by atoms with Gasteiger partial charge in [0.05, 0.1) is 12.0 Å². The minimum atomic E-state index is 0.375. The molecule has 15 heavy (non-hydrogen) atoms. The van der Waals surface area contributed by atoms with Gasteiger partial charge >= 0.3 is 0 Å². The maximum absolute atomic E-state index is 5.67. The van der Waals surface area contributed by atoms with Crippen molar-refractivity contribution in [1.29, 1.82) is 0 Å². The third-order valence-corrected chi connectivity index (χ3v) is 2.72. The van der Waals surface area contributed by atoms with Gasteiger partial charge in [-0.1, -0.05) is 28.1 Å². The molecule has 2 aromatic rings. The van der Waals surface area contributed by atoms with Gasteiger partial charge in [-0.2, -0.15) is 0 Å². The summed E-state index contributed by atoms with van der Waals surface area (Å²) in [6.45, 7) is 0. The maximum Gasteiger partial charge on any atom is 0.106 e. The molecule has 1 aromatic heterocycles. The van der Waals surface area contributed by atoms with Gasteiger partial charge in [-0.05, 0) is 18.2 Å². The standard InChI is InChI=1S/C10H8BrN3S/c11-7-1-2-9(8(5-7)10(12)15)14-4-3-13-6-14/h1-6H,(H2,12,15). The molecule has 0 aliphatic rings. The zero-order valence-corrected chi connectivity index (χ0v) is 10.1. The van der Waals surface area contributed by atoms with Crippen LogP contribution in [0.4, 0.5) is 0 Å². The monoisotopic (exact) mass is 281 g/mol. The number of hydrogen-bond acceptors (Lipinski definition) is 2. The molecule has 0 saturated heterocycles. The van der Waals surface area contributed by atoms with Crippen LogP contribution in [0.15, 0.2) is 41.4 Å². The highest BCUT2D eigenvalue weighted by molar-refractivity contribution is 9.10. The number of aromatic nitrogens is 2. The van der Waals surface area contributed by atoms with E-state index in [2.05, 4.69) is 20.9 Å². The molecule has 0 aliphatic heterocycles. The van der Waals surface area contributed by atoms with Crippen molar-refractivity contribution in [3.8, 4) is 5.69 Å². The van der Waals surface area contributed by atoms with Crippen molar-refractivity contribution in [3.05, 3.63) is 47.0 Å². The van der Waals surface area contributed by atoms with E-state index in [0.29, 0.717) is 4.99 Å². The molecule has 2 rings (SSSR count). The van der Waals surface area contributed by atoms with Gasteiger partial charge in [0, 0.05) is 22.4 Å². The maximum atomic E-state index is 5.67. The molecule has 2 N–H and O–H groups in total. The van der Waals surface area contributed by atoms with Gasteiger partial charge in [0.2, 0.25) is 0 Å². The van der Waals surface area contributed by atoms with E-state index in [0.717, 1.165) is 15.7 Å². The molecule has 0 fully saturated rings. The van der Waals surface area contributed by atoms with Crippen LogP contribution in [0.5, 0.6) is 0 Å². The Labute approximate surface area is 101 Å². The first-order chi connectivity index (χ1) is 7.18. The van der Waals surface area contributed by atoms with E-state index >= 15 is 0 Å². The molecule has 0 saturated carbocycles. The van der Waals surface area contributed by atoms with Crippen LogP contribution in [0, 0.1) is 0 Å². The normalized spacial score (nSPS) is 10.2. The summed E-state index contributed by atoms with van der Waals surface area (Å²) in [6.07, 6.45) is 5.28. The molecule has 1 aromatic carbocycles. The van der Waals surface area contributed by atoms with Crippen LogP contribution >= 0.6 is 28.1 Å². The third kappa shape index (κ3) is 2.08. The van der Waals surface area contributed by atoms with Crippen LogP contribution in [0.3, 0.4) is 0 Å². The Bertz CT molecular complexity index is 493. The summed E-state index contributed by atoms with van der Waals surface area (Å²) in [7, 11) is 0. The first-order valence-electron chi connectivity index (χ1n) is 4.26. The van der Waals surface area contributed by atoms with Gasteiger partial charge in [0.1, 0.15) is 4.99 Å². The van der Waals surface area contributed by atoms with Crippen molar-refractivity contribution >= 4 is 33.1 Å². The fraction of sp³-hybridized carbons (Fsp3) is 0. The van der Waals surface area contributed by atoms with Crippen LogP contribution in [-0.2, 0) is 0 Å². The molecule has 0 unspecified atom stereocenters. The van der Waals surface area contributed by atoms with Gasteiger partial charge in [-0.3, -0.25) is 0 Å². The predicted octanol–water partition coefficient (Wildman–Crippen LogP) is 2.27. The second kappa shape index (κ2) is 4.12. The lowest BCUT2D eigenvalue weighted by atomic mass is 10.2. The summed E-state index contributed by atoms with van der Waals surface area (Å²) in [5, 5.41) is 0. The second-order valence-electron chi connectivity index (χ2n) is 3.00. The SMILES string of the molecule is NC(=S)c1cc(Br)ccc1-n1ccnc1. The van der Waals surface area contributed by atoms with E-state index in [1.54, 1.807) is 12.5 Å². The molecule has 0 atom stereocenters. The fourth-order valence-electron chi connectivity index (χ4n) is 1.33. The zero-order chi connectivity index (χ0) is 10.8. The highest BCUT2D eigenvalue weighted by atomic mass is 79.9. The van der Waals surface area contributed by atoms with E-state index in [1.807, 2.05) is 29.0 Å². The summed E-state index contributed by atoms with van der Waals surface area (Å²) in [5.74, 6) is 0. The summed E-state index contributed by atoms with van der Waals surface area (Å²) < 4.78 is 2.83. The number of halogens is 1. The molecule has 76 valence electrons. The molecule has 0 radical (unpaired) electrons. The summed E-state index contributed by atoms with van der Waals surface area (Å²) in [4.78, 5) is 4.36. The fourth-order valence-corrected chi connectivity index (χ4v) is 1.86. The average Bonchev–Trinajstić information content (AvgIpc) is 2.70. The number of nitrogens with two attached hydrogens (primary N) is 1. The van der Waals surface area contributed by atoms with Crippen molar-refractivity contribution in [1.82, 2.24) is 9.55 Å². The lowest BCUT2D eigenvalue weighted by molar-refractivity contribution is 1.05. The summed E-state index contributed by atoms with van der Waals surface area (Å²) in [5.41, 5.74) is 7.43. The molecule has 0 aliphatic carbocycles. The first kappa shape index (κ1) is 10.3. The Morgan fingerprint density at radius 3 is 2.87 bits per heavy atom. The smallest absolute Gasteiger partial charge is 0.106 e. The van der Waals surface area contributed by atoms with Gasteiger partial charge in [-0.15, -0.1) is 0 Å². The third-order valence-electron chi connectivity index (χ3n) is 2.01. The van der Waals surface area contributed by atoms with E-state index in [-0.39, 0.29) is 0 Å². The number of benzene rings is 1. The Balaban J connectivity index is 2.61. The summed E-state index contributed by atoms with van der Waals surface area (Å²) in [6, 6.07) is 5.79. The van der Waals surface area contributed by atoms with Crippen molar-refractivity contribution in [2.75, 3.05) is 0 Å². The van der Waals surface area contributed by atoms with E-state index in [1.165, 1.54) is 0 Å². The number of nitrogens with zero attached hydrogens (tertiary/aromatic N) is 2. The van der Waals surface area contributed by atoms with Crippen molar-refractivity contribution in [3.63, 3.8) is 0 Å². The number of imidazole rings is 1. The molecular weight excluding hydrogens is 274 g/mol. The predicted molar refractivity (Wildman–Crippen MR) is 67.2 cm³/mol. The molecular formula is C10H8BrN3S. The lowest BCUT2D eigenvalue weighted by Gasteiger charge is -2.09. The molecule has 5 heteroatoms. The average molecular weight is 282 g/mol. The van der Waals surface area contributed by atoms with Crippen LogP contribution < -0.4 is 5.73 Å². The quantitative estimate of drug-likeness (QED) is 0.859. The van der Waals surface area contributed by atoms with Crippen LogP contribution in [0.25, 0.3) is 5.69 Å². The first-order valence-corrected chi connectivity index (χ1v) is 5.46. The topological polar surface area (TPSA) is 43.8 Å². The molecule has 3 nitrogen and oxygen atoms in total. The largest absolute Gasteiger partial charge is 0.389 e. The van der Waals surface area contributed by atoms with Crippen molar-refractivity contribution in [2.24, 2.45) is 5.73 Å².